The first-order valence-corrected chi connectivity index (χ1v) is 14.6. The van der Waals surface area contributed by atoms with E-state index >= 15 is 0 Å². The van der Waals surface area contributed by atoms with Gasteiger partial charge in [-0.15, -0.1) is 0 Å². The highest BCUT2D eigenvalue weighted by Crippen LogP contribution is 2.30. The maximum Gasteiger partial charge on any atom is 0.0534 e. The van der Waals surface area contributed by atoms with E-state index in [0.717, 1.165) is 25.2 Å². The van der Waals surface area contributed by atoms with Crippen molar-refractivity contribution in [1.82, 2.24) is 4.57 Å². The van der Waals surface area contributed by atoms with Gasteiger partial charge in [0.15, 0.2) is 0 Å². The van der Waals surface area contributed by atoms with Crippen molar-refractivity contribution in [3.05, 3.63) is 136 Å². The summed E-state index contributed by atoms with van der Waals surface area (Å²) < 4.78 is 2.44. The van der Waals surface area contributed by atoms with E-state index in [1.165, 1.54) is 67.6 Å². The van der Waals surface area contributed by atoms with Crippen molar-refractivity contribution in [2.75, 3.05) is 0 Å². The Morgan fingerprint density at radius 1 is 0.590 bits per heavy atom. The Balaban J connectivity index is 0.000000270. The van der Waals surface area contributed by atoms with Crippen molar-refractivity contribution < 1.29 is 0 Å². The van der Waals surface area contributed by atoms with Gasteiger partial charge in [0.1, 0.15) is 0 Å². The Morgan fingerprint density at radius 2 is 1.08 bits per heavy atom. The second-order valence-corrected chi connectivity index (χ2v) is 11.5. The van der Waals surface area contributed by atoms with Crippen molar-refractivity contribution in [3.8, 4) is 5.69 Å². The Labute approximate surface area is 236 Å². The molecule has 1 heterocycles. The molecule has 0 N–H and O–H groups in total. The van der Waals surface area contributed by atoms with Crippen LogP contribution >= 0.6 is 0 Å². The molecule has 1 nitrogen and oxygen atoms in total. The maximum absolute atomic E-state index is 2.44. The third-order valence-corrected chi connectivity index (χ3v) is 7.62. The molecule has 0 saturated carbocycles. The zero-order chi connectivity index (χ0) is 27.9. The van der Waals surface area contributed by atoms with Gasteiger partial charge in [-0.1, -0.05) is 104 Å². The molecule has 39 heavy (non-hydrogen) atoms. The Morgan fingerprint density at radius 3 is 1.59 bits per heavy atom. The van der Waals surface area contributed by atoms with Gasteiger partial charge in [0.05, 0.1) is 5.52 Å². The molecular weight excluding hydrogens is 470 g/mol. The van der Waals surface area contributed by atoms with Gasteiger partial charge in [0.2, 0.25) is 0 Å². The molecular formula is C38H45N. The van der Waals surface area contributed by atoms with Crippen LogP contribution in [-0.4, -0.2) is 4.57 Å². The average Bonchev–Trinajstić information content (AvgIpc) is 3.20. The molecule has 0 unspecified atom stereocenters. The Bertz CT molecular complexity index is 1480. The predicted octanol–water partition coefficient (Wildman–Crippen LogP) is 10.1. The zero-order valence-electron chi connectivity index (χ0n) is 25.0. The van der Waals surface area contributed by atoms with Gasteiger partial charge in [0.25, 0.3) is 0 Å². The lowest BCUT2D eigenvalue weighted by molar-refractivity contribution is 0.647. The van der Waals surface area contributed by atoms with Crippen molar-refractivity contribution in [2.24, 2.45) is 5.92 Å². The number of hydrogen-bond acceptors (Lipinski definition) is 0. The summed E-state index contributed by atoms with van der Waals surface area (Å²) >= 11 is 0. The first-order valence-electron chi connectivity index (χ1n) is 14.6. The number of aromatic nitrogens is 1. The van der Waals surface area contributed by atoms with Gasteiger partial charge in [-0.2, -0.15) is 0 Å². The third kappa shape index (κ3) is 7.30. The molecule has 0 fully saturated rings. The van der Waals surface area contributed by atoms with E-state index in [1.54, 1.807) is 0 Å². The number of fused-ring (bicyclic) bond motifs is 1. The highest BCUT2D eigenvalue weighted by atomic mass is 15.0. The van der Waals surface area contributed by atoms with E-state index in [9.17, 15) is 0 Å². The lowest BCUT2D eigenvalue weighted by Gasteiger charge is -2.12. The highest BCUT2D eigenvalue weighted by molar-refractivity contribution is 5.87. The van der Waals surface area contributed by atoms with Crippen molar-refractivity contribution >= 4 is 10.9 Å². The molecule has 0 aliphatic carbocycles. The molecule has 1 heteroatoms. The average molecular weight is 516 g/mol. The summed E-state index contributed by atoms with van der Waals surface area (Å²) in [5, 5.41) is 1.38. The monoisotopic (exact) mass is 515 g/mol. The quantitative estimate of drug-likeness (QED) is 0.203. The van der Waals surface area contributed by atoms with Crippen LogP contribution in [0.1, 0.15) is 65.4 Å². The molecule has 0 atom stereocenters. The van der Waals surface area contributed by atoms with Crippen LogP contribution in [0.15, 0.2) is 91.0 Å². The molecule has 4 aromatic carbocycles. The summed E-state index contributed by atoms with van der Waals surface area (Å²) in [5.41, 5.74) is 13.6. The minimum atomic E-state index is 0.762. The summed E-state index contributed by atoms with van der Waals surface area (Å²) in [7, 11) is 0. The van der Waals surface area contributed by atoms with E-state index in [-0.39, 0.29) is 0 Å². The first kappa shape index (κ1) is 28.4. The second kappa shape index (κ2) is 13.0. The Hall–Kier alpha value is -3.58. The normalized spacial score (nSPS) is 11.1. The lowest BCUT2D eigenvalue weighted by Crippen LogP contribution is -2.00. The van der Waals surface area contributed by atoms with Gasteiger partial charge < -0.3 is 4.57 Å². The van der Waals surface area contributed by atoms with Gasteiger partial charge in [-0.05, 0) is 106 Å². The predicted molar refractivity (Wildman–Crippen MR) is 170 cm³/mol. The van der Waals surface area contributed by atoms with E-state index in [4.69, 9.17) is 0 Å². The van der Waals surface area contributed by atoms with E-state index < -0.39 is 0 Å². The molecule has 5 rings (SSSR count). The number of nitrogens with zero attached hydrogens (tertiary/aromatic N) is 1. The van der Waals surface area contributed by atoms with Crippen molar-refractivity contribution in [3.63, 3.8) is 0 Å². The smallest absolute Gasteiger partial charge is 0.0534 e. The topological polar surface area (TPSA) is 4.93 Å². The van der Waals surface area contributed by atoms with Crippen LogP contribution in [0.3, 0.4) is 0 Å². The zero-order valence-corrected chi connectivity index (χ0v) is 25.0. The summed E-state index contributed by atoms with van der Waals surface area (Å²) in [5.74, 6) is 0.762. The largest absolute Gasteiger partial charge is 0.313 e. The third-order valence-electron chi connectivity index (χ3n) is 7.62. The summed E-state index contributed by atoms with van der Waals surface area (Å²) in [4.78, 5) is 0. The molecule has 0 saturated heterocycles. The van der Waals surface area contributed by atoms with Gasteiger partial charge >= 0.3 is 0 Å². The van der Waals surface area contributed by atoms with Crippen LogP contribution < -0.4 is 0 Å². The Kier molecular flexibility index (Phi) is 9.46. The second-order valence-electron chi connectivity index (χ2n) is 11.5. The standard InChI is InChI=1S/C27H29N.C11H16/c1-5-26-21(4)25-18-20(3)8-17-27(25)28(26)24-15-13-23(14-16-24)12-11-22-9-6-19(2)7-10-22;1-9(2)8-11-6-4-10(3)5-7-11/h6-10,13-18H,5,11-12H2,1-4H3;4-7,9H,8H2,1-3H3. The van der Waals surface area contributed by atoms with Gasteiger partial charge in [-0.3, -0.25) is 0 Å². The molecule has 0 bridgehead atoms. The van der Waals surface area contributed by atoms with Crippen LogP contribution in [0.2, 0.25) is 0 Å². The number of benzene rings is 4. The molecule has 0 amide bonds. The SMILES string of the molecule is CCc1c(C)c2cc(C)ccc2n1-c1ccc(CCc2ccc(C)cc2)cc1.Cc1ccc(CC(C)C)cc1. The van der Waals surface area contributed by atoms with Crippen LogP contribution in [0.4, 0.5) is 0 Å². The highest BCUT2D eigenvalue weighted by Gasteiger charge is 2.14. The van der Waals surface area contributed by atoms with E-state index in [2.05, 4.69) is 144 Å². The minimum Gasteiger partial charge on any atom is -0.313 e. The van der Waals surface area contributed by atoms with Crippen LogP contribution in [0.25, 0.3) is 16.6 Å². The summed E-state index contributed by atoms with van der Waals surface area (Å²) in [6, 6.07) is 33.6. The van der Waals surface area contributed by atoms with E-state index in [0.29, 0.717) is 0 Å². The maximum atomic E-state index is 2.44. The molecule has 1 aromatic heterocycles. The molecule has 5 aromatic rings. The molecule has 202 valence electrons. The fourth-order valence-electron chi connectivity index (χ4n) is 5.38. The van der Waals surface area contributed by atoms with Crippen LogP contribution in [0, 0.1) is 33.6 Å². The fraction of sp³-hybridized carbons (Fsp3) is 0.316. The van der Waals surface area contributed by atoms with Crippen LogP contribution in [0.5, 0.6) is 0 Å². The number of hydrogen-bond donors (Lipinski definition) is 0. The van der Waals surface area contributed by atoms with Crippen molar-refractivity contribution in [1.29, 1.82) is 0 Å². The summed E-state index contributed by atoms with van der Waals surface area (Å²) in [6.07, 6.45) is 4.40. The molecule has 0 aliphatic rings. The summed E-state index contributed by atoms with van der Waals surface area (Å²) in [6.45, 7) is 15.4. The minimum absolute atomic E-state index is 0.762. The lowest BCUT2D eigenvalue weighted by atomic mass is 10.0. The molecule has 0 radical (unpaired) electrons. The van der Waals surface area contributed by atoms with Crippen molar-refractivity contribution in [2.45, 2.75) is 74.1 Å². The van der Waals surface area contributed by atoms with Crippen LogP contribution in [-0.2, 0) is 25.7 Å². The first-order chi connectivity index (χ1) is 18.7. The molecule has 0 spiro atoms. The fourth-order valence-corrected chi connectivity index (χ4v) is 5.38. The number of rotatable bonds is 7. The van der Waals surface area contributed by atoms with Gasteiger partial charge in [0, 0.05) is 16.8 Å². The number of aryl methyl sites for hydroxylation is 6. The van der Waals surface area contributed by atoms with Gasteiger partial charge in [-0.25, -0.2) is 0 Å². The molecule has 0 aliphatic heterocycles. The van der Waals surface area contributed by atoms with E-state index in [1.807, 2.05) is 0 Å².